The van der Waals surface area contributed by atoms with Crippen LogP contribution in [0.3, 0.4) is 0 Å². The fourth-order valence-electron chi connectivity index (χ4n) is 1.67. The Morgan fingerprint density at radius 2 is 1.84 bits per heavy atom. The largest absolute Gasteiger partial charge is 0.299 e. The predicted molar refractivity (Wildman–Crippen MR) is 74.5 cm³/mol. The molecule has 5 heteroatoms. The minimum absolute atomic E-state index is 0.00686. The summed E-state index contributed by atoms with van der Waals surface area (Å²) in [6.45, 7) is 2.03. The van der Waals surface area contributed by atoms with Crippen LogP contribution in [0.2, 0.25) is 10.0 Å². The number of Topliss-reactive ketones (excluding diaryl/α,β-unsaturated/α-hetero) is 2. The van der Waals surface area contributed by atoms with Gasteiger partial charge in [-0.15, -0.1) is 0 Å². The van der Waals surface area contributed by atoms with Crippen LogP contribution in [-0.4, -0.2) is 11.6 Å². The maximum atomic E-state index is 13.3. The van der Waals surface area contributed by atoms with Crippen LogP contribution < -0.4 is 0 Å². The highest BCUT2D eigenvalue weighted by atomic mass is 35.5. The van der Waals surface area contributed by atoms with Gasteiger partial charge in [0.05, 0.1) is 16.5 Å². The van der Waals surface area contributed by atoms with Crippen LogP contribution in [0.4, 0.5) is 4.39 Å². The van der Waals surface area contributed by atoms with Gasteiger partial charge in [0.15, 0.2) is 5.78 Å². The van der Waals surface area contributed by atoms with Gasteiger partial charge >= 0.3 is 0 Å². The second-order valence-electron chi connectivity index (χ2n) is 4.34. The summed E-state index contributed by atoms with van der Waals surface area (Å²) < 4.78 is 13.3. The molecule has 0 atom stereocenters. The minimum atomic E-state index is -0.715. The second-order valence-corrected chi connectivity index (χ2v) is 5.16. The zero-order valence-electron chi connectivity index (χ0n) is 10.6. The molecule has 1 rings (SSSR count). The molecule has 0 heterocycles. The summed E-state index contributed by atoms with van der Waals surface area (Å²) in [5.74, 6) is -1.33. The molecular weight excluding hydrogens is 290 g/mol. The number of unbranched alkanes of at least 4 members (excludes halogenated alkanes) is 2. The molecule has 0 spiro atoms. The Morgan fingerprint density at radius 3 is 2.47 bits per heavy atom. The van der Waals surface area contributed by atoms with E-state index >= 15 is 0 Å². The van der Waals surface area contributed by atoms with Crippen molar-refractivity contribution in [1.82, 2.24) is 0 Å². The smallest absolute Gasteiger partial charge is 0.171 e. The molecule has 2 nitrogen and oxygen atoms in total. The fourth-order valence-corrected chi connectivity index (χ4v) is 2.16. The van der Waals surface area contributed by atoms with E-state index in [1.54, 1.807) is 0 Å². The van der Waals surface area contributed by atoms with Crippen LogP contribution in [0.1, 0.15) is 49.4 Å². The number of carbonyl (C=O) groups is 2. The Kier molecular flexibility index (Phi) is 6.46. The maximum Gasteiger partial charge on any atom is 0.171 e. The molecule has 0 saturated carbocycles. The van der Waals surface area contributed by atoms with Crippen molar-refractivity contribution < 1.29 is 14.0 Å². The first-order valence-electron chi connectivity index (χ1n) is 6.15. The van der Waals surface area contributed by atoms with Crippen molar-refractivity contribution in [2.75, 3.05) is 0 Å². The molecular formula is C14H15Cl2FO2. The van der Waals surface area contributed by atoms with Gasteiger partial charge in [0.1, 0.15) is 11.6 Å². The third-order valence-electron chi connectivity index (χ3n) is 2.73. The number of benzene rings is 1. The van der Waals surface area contributed by atoms with Crippen molar-refractivity contribution >= 4 is 34.8 Å². The van der Waals surface area contributed by atoms with Crippen molar-refractivity contribution in [2.45, 2.75) is 39.0 Å². The predicted octanol–water partition coefficient (Wildman–Crippen LogP) is 4.85. The lowest BCUT2D eigenvalue weighted by molar-refractivity contribution is -0.118. The van der Waals surface area contributed by atoms with E-state index in [1.165, 1.54) is 6.07 Å². The first-order valence-corrected chi connectivity index (χ1v) is 6.90. The quantitative estimate of drug-likeness (QED) is 0.312. The molecule has 0 radical (unpaired) electrons. The SMILES string of the molecule is CCCCCC(=O)CC(=O)c1cc(F)c(Cl)cc1Cl. The molecule has 0 aliphatic carbocycles. The Bertz CT molecular complexity index is 487. The van der Waals surface area contributed by atoms with Crippen molar-refractivity contribution in [3.05, 3.63) is 33.6 Å². The second kappa shape index (κ2) is 7.61. The van der Waals surface area contributed by atoms with Gasteiger partial charge in [-0.05, 0) is 18.6 Å². The van der Waals surface area contributed by atoms with Crippen LogP contribution in [0.25, 0.3) is 0 Å². The van der Waals surface area contributed by atoms with Crippen molar-refractivity contribution in [2.24, 2.45) is 0 Å². The number of halogens is 3. The molecule has 1 aromatic rings. The Hall–Kier alpha value is -0.930. The number of carbonyl (C=O) groups excluding carboxylic acids is 2. The lowest BCUT2D eigenvalue weighted by atomic mass is 10.0. The molecule has 0 unspecified atom stereocenters. The first kappa shape index (κ1) is 16.1. The normalized spacial score (nSPS) is 10.5. The van der Waals surface area contributed by atoms with Crippen LogP contribution in [-0.2, 0) is 4.79 Å². The fraction of sp³-hybridized carbons (Fsp3) is 0.429. The van der Waals surface area contributed by atoms with Crippen molar-refractivity contribution in [1.29, 1.82) is 0 Å². The average molecular weight is 305 g/mol. The van der Waals surface area contributed by atoms with Gasteiger partial charge in [-0.2, -0.15) is 0 Å². The Balaban J connectivity index is 2.68. The maximum absolute atomic E-state index is 13.3. The average Bonchev–Trinajstić information content (AvgIpc) is 2.34. The van der Waals surface area contributed by atoms with Gasteiger partial charge < -0.3 is 0 Å². The molecule has 0 amide bonds. The zero-order valence-corrected chi connectivity index (χ0v) is 12.2. The Morgan fingerprint density at radius 1 is 1.16 bits per heavy atom. The van der Waals surface area contributed by atoms with Crippen LogP contribution in [0.15, 0.2) is 12.1 Å². The highest BCUT2D eigenvalue weighted by Crippen LogP contribution is 2.25. The van der Waals surface area contributed by atoms with Gasteiger partial charge in [0.2, 0.25) is 0 Å². The summed E-state index contributed by atoms with van der Waals surface area (Å²) in [6, 6.07) is 2.15. The van der Waals surface area contributed by atoms with Gasteiger partial charge in [0, 0.05) is 12.0 Å². The van der Waals surface area contributed by atoms with Crippen molar-refractivity contribution in [3.8, 4) is 0 Å². The molecule has 0 aliphatic rings. The van der Waals surface area contributed by atoms with E-state index < -0.39 is 11.6 Å². The molecule has 0 bridgehead atoms. The molecule has 0 aliphatic heterocycles. The van der Waals surface area contributed by atoms with Gasteiger partial charge in [-0.25, -0.2) is 4.39 Å². The molecule has 1 aromatic carbocycles. The standard InChI is InChI=1S/C14H15Cl2FO2/c1-2-3-4-5-9(18)6-14(19)10-7-13(17)12(16)8-11(10)15/h7-8H,2-6H2,1H3. The van der Waals surface area contributed by atoms with E-state index in [2.05, 4.69) is 0 Å². The van der Waals surface area contributed by atoms with E-state index in [1.807, 2.05) is 6.92 Å². The first-order chi connectivity index (χ1) is 8.95. The third kappa shape index (κ3) is 4.92. The summed E-state index contributed by atoms with van der Waals surface area (Å²) in [4.78, 5) is 23.4. The zero-order chi connectivity index (χ0) is 14.4. The van der Waals surface area contributed by atoms with E-state index in [0.717, 1.165) is 25.3 Å². The highest BCUT2D eigenvalue weighted by Gasteiger charge is 2.17. The lowest BCUT2D eigenvalue weighted by Gasteiger charge is -2.05. The van der Waals surface area contributed by atoms with Crippen LogP contribution in [0, 0.1) is 5.82 Å². The van der Waals surface area contributed by atoms with Crippen LogP contribution in [0.5, 0.6) is 0 Å². The topological polar surface area (TPSA) is 34.1 Å². The Labute approximate surface area is 121 Å². The number of hydrogen-bond donors (Lipinski definition) is 0. The molecule has 0 fully saturated rings. The van der Waals surface area contributed by atoms with E-state index in [0.29, 0.717) is 6.42 Å². The summed E-state index contributed by atoms with van der Waals surface area (Å²) in [5.41, 5.74) is 0.00686. The van der Waals surface area contributed by atoms with E-state index in [9.17, 15) is 14.0 Å². The highest BCUT2D eigenvalue weighted by molar-refractivity contribution is 6.37. The molecule has 19 heavy (non-hydrogen) atoms. The number of rotatable bonds is 7. The van der Waals surface area contributed by atoms with Gasteiger partial charge in [0.25, 0.3) is 0 Å². The molecule has 0 N–H and O–H groups in total. The molecule has 0 saturated heterocycles. The van der Waals surface area contributed by atoms with E-state index in [-0.39, 0.29) is 27.8 Å². The minimum Gasteiger partial charge on any atom is -0.299 e. The summed E-state index contributed by atoms with van der Waals surface area (Å²) in [7, 11) is 0. The summed E-state index contributed by atoms with van der Waals surface area (Å²) in [6.07, 6.45) is 2.86. The van der Waals surface area contributed by atoms with E-state index in [4.69, 9.17) is 23.2 Å². The van der Waals surface area contributed by atoms with Crippen molar-refractivity contribution in [3.63, 3.8) is 0 Å². The lowest BCUT2D eigenvalue weighted by Crippen LogP contribution is -2.09. The third-order valence-corrected chi connectivity index (χ3v) is 3.33. The molecule has 0 aromatic heterocycles. The van der Waals surface area contributed by atoms with Gasteiger partial charge in [-0.1, -0.05) is 43.0 Å². The summed E-state index contributed by atoms with van der Waals surface area (Å²) in [5, 5.41) is -0.0754. The van der Waals surface area contributed by atoms with Gasteiger partial charge in [-0.3, -0.25) is 9.59 Å². The summed E-state index contributed by atoms with van der Waals surface area (Å²) >= 11 is 11.4. The molecule has 104 valence electrons. The van der Waals surface area contributed by atoms with Crippen LogP contribution >= 0.6 is 23.2 Å². The number of hydrogen-bond acceptors (Lipinski definition) is 2. The number of ketones is 2. The monoisotopic (exact) mass is 304 g/mol.